The molecule has 1 saturated heterocycles. The summed E-state index contributed by atoms with van der Waals surface area (Å²) in [6.45, 7) is 0. The molecule has 3 heteroatoms. The molecule has 1 heterocycles. The highest BCUT2D eigenvalue weighted by Gasteiger charge is 2.12. The van der Waals surface area contributed by atoms with E-state index in [1.54, 1.807) is 0 Å². The highest BCUT2D eigenvalue weighted by molar-refractivity contribution is 7.99. The van der Waals surface area contributed by atoms with E-state index in [9.17, 15) is 0 Å². The monoisotopic (exact) mass is 145 g/mol. The van der Waals surface area contributed by atoms with Crippen molar-refractivity contribution in [2.24, 2.45) is 4.99 Å². The molecule has 0 aromatic rings. The number of nitrogens with zero attached hydrogens (tertiary/aromatic N) is 1. The Morgan fingerprint density at radius 2 is 2.62 bits per heavy atom. The van der Waals surface area contributed by atoms with Gasteiger partial charge in [0.1, 0.15) is 0 Å². The van der Waals surface area contributed by atoms with E-state index >= 15 is 0 Å². The molecule has 0 amide bonds. The van der Waals surface area contributed by atoms with Crippen LogP contribution in [0.3, 0.4) is 0 Å². The highest BCUT2D eigenvalue weighted by Crippen LogP contribution is 2.19. The second-order valence-corrected chi connectivity index (χ2v) is 3.07. The fraction of sp³-hybridized carbons (Fsp3) is 0.800. The van der Waals surface area contributed by atoms with Crippen molar-refractivity contribution < 1.29 is 0 Å². The van der Waals surface area contributed by atoms with Gasteiger partial charge in [-0.1, -0.05) is 0 Å². The van der Waals surface area contributed by atoms with Gasteiger partial charge in [-0.05, 0) is 24.4 Å². The van der Waals surface area contributed by atoms with E-state index in [-0.39, 0.29) is 0 Å². The third-order valence-electron chi connectivity index (χ3n) is 1.14. The van der Waals surface area contributed by atoms with Gasteiger partial charge in [-0.3, -0.25) is 0 Å². The van der Waals surface area contributed by atoms with Crippen LogP contribution in [0.25, 0.3) is 0 Å². The summed E-state index contributed by atoms with van der Waals surface area (Å²) in [7, 11) is 0. The Balaban J connectivity index is 2.35. The van der Waals surface area contributed by atoms with Gasteiger partial charge < -0.3 is 0 Å². The average Bonchev–Trinajstić information content (AvgIpc) is 2.19. The van der Waals surface area contributed by atoms with Gasteiger partial charge in [0.25, 0.3) is 0 Å². The van der Waals surface area contributed by atoms with Gasteiger partial charge in [0.05, 0.1) is 11.2 Å². The van der Waals surface area contributed by atoms with Crippen LogP contribution < -0.4 is 0 Å². The van der Waals surface area contributed by atoms with Crippen molar-refractivity contribution in [3.8, 4) is 0 Å². The van der Waals surface area contributed by atoms with Gasteiger partial charge in [-0.25, -0.2) is 4.99 Å². The first-order chi connectivity index (χ1) is 3.93. The zero-order valence-electron chi connectivity index (χ0n) is 4.46. The van der Waals surface area contributed by atoms with Crippen LogP contribution in [0.4, 0.5) is 0 Å². The molecule has 0 aliphatic carbocycles. The number of rotatable bonds is 1. The maximum atomic E-state index is 4.46. The lowest BCUT2D eigenvalue weighted by atomic mass is 10.3. The minimum Gasteiger partial charge on any atom is -0.228 e. The van der Waals surface area contributed by atoms with Crippen LogP contribution in [0.15, 0.2) is 4.99 Å². The molecule has 1 rings (SSSR count). The van der Waals surface area contributed by atoms with E-state index < -0.39 is 0 Å². The SMILES string of the molecule is S=C=NC1CCSC1. The summed E-state index contributed by atoms with van der Waals surface area (Å²) in [5.41, 5.74) is 0. The Kier molecular flexibility index (Phi) is 2.53. The number of thioether (sulfide) groups is 1. The topological polar surface area (TPSA) is 12.4 Å². The molecule has 8 heavy (non-hydrogen) atoms. The normalized spacial score (nSPS) is 27.2. The summed E-state index contributed by atoms with van der Waals surface area (Å²) in [6, 6.07) is 0.484. The van der Waals surface area contributed by atoms with E-state index in [0.29, 0.717) is 6.04 Å². The molecule has 0 N–H and O–H groups in total. The lowest BCUT2D eigenvalue weighted by molar-refractivity contribution is 0.767. The number of aliphatic imine (C=N–C) groups is 1. The Labute approximate surface area is 58.6 Å². The van der Waals surface area contributed by atoms with Gasteiger partial charge in [0, 0.05) is 5.75 Å². The highest BCUT2D eigenvalue weighted by atomic mass is 32.2. The van der Waals surface area contributed by atoms with Crippen LogP contribution in [0.2, 0.25) is 0 Å². The standard InChI is InChI=1S/C5H7NS2/c7-4-6-5-1-2-8-3-5/h5H,1-3H2. The van der Waals surface area contributed by atoms with Crippen molar-refractivity contribution >= 4 is 29.1 Å². The molecule has 1 fully saturated rings. The first-order valence-corrected chi connectivity index (χ1v) is 4.14. The summed E-state index contributed by atoms with van der Waals surface area (Å²) in [5, 5.41) is 2.40. The quantitative estimate of drug-likeness (QED) is 0.410. The lowest BCUT2D eigenvalue weighted by Crippen LogP contribution is -1.98. The molecule has 44 valence electrons. The Hall–Kier alpha value is 0.150. The van der Waals surface area contributed by atoms with E-state index in [1.807, 2.05) is 11.8 Å². The fourth-order valence-electron chi connectivity index (χ4n) is 0.698. The van der Waals surface area contributed by atoms with Gasteiger partial charge in [-0.2, -0.15) is 11.8 Å². The summed E-state index contributed by atoms with van der Waals surface area (Å²) in [4.78, 5) is 3.97. The second kappa shape index (κ2) is 3.23. The zero-order chi connectivity index (χ0) is 5.82. The third-order valence-corrected chi connectivity index (χ3v) is 2.39. The molecule has 0 aromatic heterocycles. The molecule has 0 spiro atoms. The number of hydrogen-bond acceptors (Lipinski definition) is 3. The maximum absolute atomic E-state index is 4.46. The first kappa shape index (κ1) is 6.27. The van der Waals surface area contributed by atoms with Gasteiger partial charge in [-0.15, -0.1) is 0 Å². The zero-order valence-corrected chi connectivity index (χ0v) is 6.10. The molecule has 0 aromatic carbocycles. The van der Waals surface area contributed by atoms with Crippen molar-refractivity contribution in [1.82, 2.24) is 0 Å². The van der Waals surface area contributed by atoms with Gasteiger partial charge in [0.15, 0.2) is 0 Å². The largest absolute Gasteiger partial charge is 0.228 e. The number of thiocarbonyl (C=S) groups is 1. The summed E-state index contributed by atoms with van der Waals surface area (Å²) < 4.78 is 0. The minimum atomic E-state index is 0.484. The summed E-state index contributed by atoms with van der Waals surface area (Å²) in [5.74, 6) is 2.38. The maximum Gasteiger partial charge on any atom is 0.0700 e. The van der Waals surface area contributed by atoms with Crippen LogP contribution in [-0.4, -0.2) is 22.7 Å². The minimum absolute atomic E-state index is 0.484. The van der Waals surface area contributed by atoms with Crippen LogP contribution in [0.5, 0.6) is 0 Å². The predicted octanol–water partition coefficient (Wildman–Crippen LogP) is 1.59. The van der Waals surface area contributed by atoms with Gasteiger partial charge in [0.2, 0.25) is 0 Å². The van der Waals surface area contributed by atoms with Crippen LogP contribution in [0.1, 0.15) is 6.42 Å². The molecule has 1 atom stereocenters. The van der Waals surface area contributed by atoms with Crippen LogP contribution >= 0.6 is 24.0 Å². The molecule has 1 aliphatic rings. The van der Waals surface area contributed by atoms with Crippen LogP contribution in [-0.2, 0) is 0 Å². The van der Waals surface area contributed by atoms with E-state index in [2.05, 4.69) is 22.4 Å². The predicted molar refractivity (Wildman–Crippen MR) is 40.8 cm³/mol. The van der Waals surface area contributed by atoms with Crippen molar-refractivity contribution in [2.75, 3.05) is 11.5 Å². The van der Waals surface area contributed by atoms with E-state index in [1.165, 1.54) is 12.2 Å². The molecule has 0 saturated carbocycles. The second-order valence-electron chi connectivity index (χ2n) is 1.74. The molecule has 1 nitrogen and oxygen atoms in total. The molecule has 1 aliphatic heterocycles. The third kappa shape index (κ3) is 1.58. The van der Waals surface area contributed by atoms with Crippen molar-refractivity contribution in [2.45, 2.75) is 12.5 Å². The Morgan fingerprint density at radius 3 is 3.12 bits per heavy atom. The molecule has 0 radical (unpaired) electrons. The lowest BCUT2D eigenvalue weighted by Gasteiger charge is -1.92. The summed E-state index contributed by atoms with van der Waals surface area (Å²) >= 11 is 6.40. The van der Waals surface area contributed by atoms with E-state index in [0.717, 1.165) is 5.75 Å². The fourth-order valence-corrected chi connectivity index (χ4v) is 1.97. The van der Waals surface area contributed by atoms with Crippen molar-refractivity contribution in [3.63, 3.8) is 0 Å². The summed E-state index contributed by atoms with van der Waals surface area (Å²) in [6.07, 6.45) is 1.19. The van der Waals surface area contributed by atoms with Crippen molar-refractivity contribution in [1.29, 1.82) is 0 Å². The first-order valence-electron chi connectivity index (χ1n) is 2.58. The Bertz CT molecular complexity index is 112. The average molecular weight is 145 g/mol. The number of isothiocyanates is 1. The molecule has 1 unspecified atom stereocenters. The molecular weight excluding hydrogens is 138 g/mol. The van der Waals surface area contributed by atoms with E-state index in [4.69, 9.17) is 0 Å². The number of hydrogen-bond donors (Lipinski definition) is 0. The van der Waals surface area contributed by atoms with Gasteiger partial charge >= 0.3 is 0 Å². The Morgan fingerprint density at radius 1 is 1.75 bits per heavy atom. The molecule has 0 bridgehead atoms. The van der Waals surface area contributed by atoms with Crippen molar-refractivity contribution in [3.05, 3.63) is 0 Å². The molecular formula is C5H7NS2. The van der Waals surface area contributed by atoms with Crippen LogP contribution in [0, 0.1) is 0 Å². The smallest absolute Gasteiger partial charge is 0.0700 e.